The van der Waals surface area contributed by atoms with Crippen LogP contribution in [0.2, 0.25) is 5.02 Å². The molecule has 0 spiro atoms. The molecule has 0 radical (unpaired) electrons. The summed E-state index contributed by atoms with van der Waals surface area (Å²) in [6, 6.07) is 3.78. The van der Waals surface area contributed by atoms with Gasteiger partial charge in [-0.25, -0.2) is 4.39 Å². The molecule has 1 N–H and O–H groups in total. The fourth-order valence-electron chi connectivity index (χ4n) is 1.17. The smallest absolute Gasteiger partial charge is 0.314 e. The van der Waals surface area contributed by atoms with E-state index in [9.17, 15) is 9.18 Å². The van der Waals surface area contributed by atoms with Gasteiger partial charge in [0.05, 0.1) is 5.02 Å². The van der Waals surface area contributed by atoms with Crippen LogP contribution in [0.4, 0.5) is 4.39 Å². The zero-order valence-electron chi connectivity index (χ0n) is 8.76. The molecule has 0 aliphatic rings. The van der Waals surface area contributed by atoms with Crippen molar-refractivity contribution in [3.63, 3.8) is 0 Å². The standard InChI is InChI=1S/C10H6ClFN2O3S/c11-7-2-1-5(12)3-6(7)9-13-10(17-14-9)18-4-8(15)16/h1-3H,4H2,(H,15,16). The van der Waals surface area contributed by atoms with E-state index in [0.29, 0.717) is 5.56 Å². The quantitative estimate of drug-likeness (QED) is 0.872. The number of hydrogen-bond donors (Lipinski definition) is 1. The number of nitrogens with zero attached hydrogens (tertiary/aromatic N) is 2. The van der Waals surface area contributed by atoms with E-state index in [-0.39, 0.29) is 21.8 Å². The van der Waals surface area contributed by atoms with Crippen LogP contribution in [0.15, 0.2) is 27.9 Å². The first kappa shape index (κ1) is 12.8. The number of aliphatic carboxylic acids is 1. The summed E-state index contributed by atoms with van der Waals surface area (Å²) >= 11 is 6.76. The first-order valence-electron chi connectivity index (χ1n) is 4.70. The van der Waals surface area contributed by atoms with Gasteiger partial charge < -0.3 is 9.63 Å². The Kier molecular flexibility index (Phi) is 3.83. The molecule has 0 saturated carbocycles. The van der Waals surface area contributed by atoms with Crippen molar-refractivity contribution >= 4 is 29.3 Å². The lowest BCUT2D eigenvalue weighted by molar-refractivity contribution is -0.133. The number of benzene rings is 1. The van der Waals surface area contributed by atoms with Gasteiger partial charge >= 0.3 is 5.97 Å². The second kappa shape index (κ2) is 5.36. The molecule has 1 heterocycles. The average molecular weight is 289 g/mol. The van der Waals surface area contributed by atoms with E-state index in [1.165, 1.54) is 18.2 Å². The maximum absolute atomic E-state index is 13.1. The van der Waals surface area contributed by atoms with Gasteiger partial charge in [-0.2, -0.15) is 4.98 Å². The van der Waals surface area contributed by atoms with E-state index in [0.717, 1.165) is 11.8 Å². The van der Waals surface area contributed by atoms with Crippen molar-refractivity contribution in [3.8, 4) is 11.4 Å². The Morgan fingerprint density at radius 3 is 3.06 bits per heavy atom. The number of carboxylic acids is 1. The molecule has 2 rings (SSSR count). The summed E-state index contributed by atoms with van der Waals surface area (Å²) in [5, 5.41) is 12.5. The highest BCUT2D eigenvalue weighted by Gasteiger charge is 2.13. The molecular weight excluding hydrogens is 283 g/mol. The van der Waals surface area contributed by atoms with Crippen LogP contribution < -0.4 is 0 Å². The van der Waals surface area contributed by atoms with E-state index in [1.54, 1.807) is 0 Å². The van der Waals surface area contributed by atoms with Crippen molar-refractivity contribution < 1.29 is 18.8 Å². The van der Waals surface area contributed by atoms with Gasteiger partial charge in [0.25, 0.3) is 5.22 Å². The van der Waals surface area contributed by atoms with Gasteiger partial charge in [0.15, 0.2) is 0 Å². The molecule has 5 nitrogen and oxygen atoms in total. The minimum absolute atomic E-state index is 0.0905. The Hall–Kier alpha value is -1.60. The lowest BCUT2D eigenvalue weighted by Crippen LogP contribution is -1.97. The Labute approximate surface area is 110 Å². The number of carboxylic acid groups (broad SMARTS) is 1. The minimum atomic E-state index is -0.997. The van der Waals surface area contributed by atoms with E-state index >= 15 is 0 Å². The number of aromatic nitrogens is 2. The van der Waals surface area contributed by atoms with Gasteiger partial charge in [-0.05, 0) is 18.2 Å². The molecule has 0 atom stereocenters. The van der Waals surface area contributed by atoms with Crippen molar-refractivity contribution in [3.05, 3.63) is 29.0 Å². The number of rotatable bonds is 4. The topological polar surface area (TPSA) is 76.2 Å². The maximum atomic E-state index is 13.1. The normalized spacial score (nSPS) is 10.6. The summed E-state index contributed by atoms with van der Waals surface area (Å²) in [5.74, 6) is -1.55. The van der Waals surface area contributed by atoms with Crippen molar-refractivity contribution in [2.45, 2.75) is 5.22 Å². The second-order valence-electron chi connectivity index (χ2n) is 3.19. The SMILES string of the molecule is O=C(O)CSc1nc(-c2cc(F)ccc2Cl)no1. The molecule has 1 aromatic carbocycles. The number of hydrogen-bond acceptors (Lipinski definition) is 5. The van der Waals surface area contributed by atoms with Crippen LogP contribution in [0, 0.1) is 5.82 Å². The van der Waals surface area contributed by atoms with Gasteiger partial charge in [-0.3, -0.25) is 4.79 Å². The molecule has 18 heavy (non-hydrogen) atoms. The highest BCUT2D eigenvalue weighted by atomic mass is 35.5. The van der Waals surface area contributed by atoms with Crippen molar-refractivity contribution in [2.75, 3.05) is 5.75 Å². The fourth-order valence-corrected chi connectivity index (χ4v) is 1.86. The second-order valence-corrected chi connectivity index (χ2v) is 4.52. The lowest BCUT2D eigenvalue weighted by Gasteiger charge is -1.97. The number of carbonyl (C=O) groups is 1. The Bertz CT molecular complexity index is 590. The summed E-state index contributed by atoms with van der Waals surface area (Å²) in [5.41, 5.74) is 0.294. The molecule has 0 bridgehead atoms. The summed E-state index contributed by atoms with van der Waals surface area (Å²) in [6.07, 6.45) is 0. The number of halogens is 2. The van der Waals surface area contributed by atoms with Crippen LogP contribution in [-0.2, 0) is 4.79 Å². The average Bonchev–Trinajstić information content (AvgIpc) is 2.78. The number of thioether (sulfide) groups is 1. The summed E-state index contributed by atoms with van der Waals surface area (Å²) in [4.78, 5) is 14.3. The zero-order valence-corrected chi connectivity index (χ0v) is 10.3. The molecule has 0 saturated heterocycles. The van der Waals surface area contributed by atoms with Crippen molar-refractivity contribution in [1.29, 1.82) is 0 Å². The van der Waals surface area contributed by atoms with Crippen LogP contribution in [-0.4, -0.2) is 27.0 Å². The third-order valence-corrected chi connectivity index (χ3v) is 3.03. The molecule has 0 aliphatic carbocycles. The highest BCUT2D eigenvalue weighted by molar-refractivity contribution is 7.99. The Morgan fingerprint density at radius 2 is 2.33 bits per heavy atom. The third kappa shape index (κ3) is 2.99. The molecular formula is C10H6ClFN2O3S. The predicted octanol–water partition coefficient (Wildman–Crippen LogP) is 2.71. The predicted molar refractivity (Wildman–Crippen MR) is 63.1 cm³/mol. The van der Waals surface area contributed by atoms with Gasteiger partial charge in [0.1, 0.15) is 11.6 Å². The lowest BCUT2D eigenvalue weighted by atomic mass is 10.2. The fraction of sp³-hybridized carbons (Fsp3) is 0.100. The van der Waals surface area contributed by atoms with Gasteiger partial charge in [-0.1, -0.05) is 28.5 Å². The maximum Gasteiger partial charge on any atom is 0.314 e. The van der Waals surface area contributed by atoms with E-state index in [4.69, 9.17) is 21.2 Å². The molecule has 0 unspecified atom stereocenters. The van der Waals surface area contributed by atoms with Gasteiger partial charge in [0, 0.05) is 5.56 Å². The largest absolute Gasteiger partial charge is 0.481 e. The van der Waals surface area contributed by atoms with E-state index in [2.05, 4.69) is 10.1 Å². The highest BCUT2D eigenvalue weighted by Crippen LogP contribution is 2.28. The summed E-state index contributed by atoms with van der Waals surface area (Å²) in [6.45, 7) is 0. The van der Waals surface area contributed by atoms with Crippen LogP contribution in [0.1, 0.15) is 0 Å². The van der Waals surface area contributed by atoms with E-state index < -0.39 is 11.8 Å². The van der Waals surface area contributed by atoms with Crippen LogP contribution in [0.5, 0.6) is 0 Å². The van der Waals surface area contributed by atoms with Gasteiger partial charge in [0.2, 0.25) is 5.82 Å². The van der Waals surface area contributed by atoms with Crippen LogP contribution in [0.3, 0.4) is 0 Å². The van der Waals surface area contributed by atoms with Crippen LogP contribution >= 0.6 is 23.4 Å². The first-order chi connectivity index (χ1) is 8.56. The summed E-state index contributed by atoms with van der Waals surface area (Å²) < 4.78 is 17.9. The van der Waals surface area contributed by atoms with Crippen molar-refractivity contribution in [1.82, 2.24) is 10.1 Å². The zero-order chi connectivity index (χ0) is 13.1. The molecule has 8 heteroatoms. The third-order valence-electron chi connectivity index (χ3n) is 1.90. The molecule has 94 valence electrons. The van der Waals surface area contributed by atoms with Crippen LogP contribution in [0.25, 0.3) is 11.4 Å². The molecule has 0 aliphatic heterocycles. The van der Waals surface area contributed by atoms with Crippen molar-refractivity contribution in [2.24, 2.45) is 0 Å². The van der Waals surface area contributed by atoms with Gasteiger partial charge in [-0.15, -0.1) is 0 Å². The minimum Gasteiger partial charge on any atom is -0.481 e. The Morgan fingerprint density at radius 1 is 1.56 bits per heavy atom. The molecule has 1 aromatic heterocycles. The van der Waals surface area contributed by atoms with E-state index in [1.807, 2.05) is 0 Å². The monoisotopic (exact) mass is 288 g/mol. The summed E-state index contributed by atoms with van der Waals surface area (Å²) in [7, 11) is 0. The molecule has 0 amide bonds. The first-order valence-corrected chi connectivity index (χ1v) is 6.06. The molecule has 2 aromatic rings. The molecule has 0 fully saturated rings. The Balaban J connectivity index is 2.23.